The number of hydrogen-bond acceptors (Lipinski definition) is 8. The SMILES string of the molecule is CCCOc1cccc(C2C(=C(O)c3ccc(Cl)cc3)C(=O)C(=O)N2c2nnc(SCc3ccccc3F)s2)c1. The van der Waals surface area contributed by atoms with E-state index in [0.717, 1.165) is 17.8 Å². The molecule has 4 aromatic rings. The number of thioether (sulfide) groups is 1. The Bertz CT molecular complexity index is 1590. The lowest BCUT2D eigenvalue weighted by Gasteiger charge is -2.23. The molecule has 0 bridgehead atoms. The summed E-state index contributed by atoms with van der Waals surface area (Å²) >= 11 is 8.39. The van der Waals surface area contributed by atoms with Crippen LogP contribution in [0.3, 0.4) is 0 Å². The number of rotatable bonds is 9. The number of ether oxygens (including phenoxy) is 1. The van der Waals surface area contributed by atoms with Crippen LogP contribution in [0.5, 0.6) is 5.75 Å². The lowest BCUT2D eigenvalue weighted by Crippen LogP contribution is -2.29. The van der Waals surface area contributed by atoms with Crippen LogP contribution in [-0.2, 0) is 15.3 Å². The summed E-state index contributed by atoms with van der Waals surface area (Å²) in [6.45, 7) is 2.48. The van der Waals surface area contributed by atoms with E-state index >= 15 is 0 Å². The first-order chi connectivity index (χ1) is 19.4. The molecule has 1 atom stereocenters. The molecule has 5 rings (SSSR count). The molecule has 0 radical (unpaired) electrons. The average Bonchev–Trinajstić information content (AvgIpc) is 3.53. The van der Waals surface area contributed by atoms with Crippen molar-refractivity contribution in [1.29, 1.82) is 0 Å². The van der Waals surface area contributed by atoms with Crippen molar-refractivity contribution in [2.75, 3.05) is 11.5 Å². The molecule has 1 saturated heterocycles. The number of aliphatic hydroxyl groups is 1. The minimum absolute atomic E-state index is 0.0873. The fraction of sp³-hybridized carbons (Fsp3) is 0.172. The van der Waals surface area contributed by atoms with E-state index in [4.69, 9.17) is 16.3 Å². The van der Waals surface area contributed by atoms with Crippen LogP contribution < -0.4 is 9.64 Å². The molecule has 2 heterocycles. The minimum atomic E-state index is -0.988. The van der Waals surface area contributed by atoms with E-state index in [2.05, 4.69) is 10.2 Å². The standard InChI is InChI=1S/C29H23ClFN3O4S2/c1-2-14-38-21-8-5-7-18(15-21)24-23(25(35)17-10-12-20(30)13-11-17)26(36)27(37)34(24)28-32-33-29(40-28)39-16-19-6-3-4-9-22(19)31/h3-13,15,24,35H,2,14,16H2,1H3. The van der Waals surface area contributed by atoms with Gasteiger partial charge in [-0.3, -0.25) is 14.5 Å². The maximum absolute atomic E-state index is 14.1. The number of Topliss-reactive ketones (excluding diaryl/α,β-unsaturated/α-hetero) is 1. The molecule has 1 N–H and O–H groups in total. The van der Waals surface area contributed by atoms with Crippen molar-refractivity contribution in [2.45, 2.75) is 29.5 Å². The summed E-state index contributed by atoms with van der Waals surface area (Å²) in [5.74, 6) is -1.47. The third kappa shape index (κ3) is 5.74. The normalized spacial score (nSPS) is 16.5. The predicted octanol–water partition coefficient (Wildman–Crippen LogP) is 7.04. The molecule has 1 unspecified atom stereocenters. The lowest BCUT2D eigenvalue weighted by molar-refractivity contribution is -0.132. The zero-order chi connectivity index (χ0) is 28.2. The monoisotopic (exact) mass is 595 g/mol. The summed E-state index contributed by atoms with van der Waals surface area (Å²) in [6.07, 6.45) is 0.803. The number of carbonyl (C=O) groups is 2. The molecular formula is C29H23ClFN3O4S2. The molecule has 0 saturated carbocycles. The molecule has 0 aliphatic carbocycles. The van der Waals surface area contributed by atoms with Gasteiger partial charge < -0.3 is 9.84 Å². The van der Waals surface area contributed by atoms with Gasteiger partial charge in [0.05, 0.1) is 18.2 Å². The van der Waals surface area contributed by atoms with E-state index in [-0.39, 0.29) is 22.3 Å². The van der Waals surface area contributed by atoms with Crippen LogP contribution in [0.4, 0.5) is 9.52 Å². The van der Waals surface area contributed by atoms with Gasteiger partial charge in [-0.25, -0.2) is 4.39 Å². The van der Waals surface area contributed by atoms with Gasteiger partial charge in [-0.2, -0.15) is 0 Å². The number of carbonyl (C=O) groups excluding carboxylic acids is 2. The molecule has 7 nitrogen and oxygen atoms in total. The van der Waals surface area contributed by atoms with Crippen LogP contribution >= 0.6 is 34.7 Å². The van der Waals surface area contributed by atoms with Crippen LogP contribution in [0.25, 0.3) is 5.76 Å². The van der Waals surface area contributed by atoms with Crippen LogP contribution in [0, 0.1) is 5.82 Å². The Kier molecular flexibility index (Phi) is 8.49. The van der Waals surface area contributed by atoms with E-state index in [0.29, 0.717) is 44.2 Å². The second-order valence-corrected chi connectivity index (χ2v) is 11.4. The number of hydrogen-bond donors (Lipinski definition) is 1. The largest absolute Gasteiger partial charge is 0.507 e. The van der Waals surface area contributed by atoms with Crippen molar-refractivity contribution >= 4 is 57.3 Å². The Morgan fingerprint density at radius 2 is 1.88 bits per heavy atom. The topological polar surface area (TPSA) is 92.6 Å². The Hall–Kier alpha value is -3.73. The fourth-order valence-corrected chi connectivity index (χ4v) is 6.20. The summed E-state index contributed by atoms with van der Waals surface area (Å²) in [7, 11) is 0. The zero-order valence-corrected chi connectivity index (χ0v) is 23.6. The summed E-state index contributed by atoms with van der Waals surface area (Å²) < 4.78 is 20.4. The molecule has 11 heteroatoms. The number of aromatic nitrogens is 2. The third-order valence-corrected chi connectivity index (χ3v) is 8.48. The van der Waals surface area contributed by atoms with E-state index in [1.54, 1.807) is 66.7 Å². The molecular weight excluding hydrogens is 573 g/mol. The maximum atomic E-state index is 14.1. The molecule has 40 heavy (non-hydrogen) atoms. The minimum Gasteiger partial charge on any atom is -0.507 e. The summed E-state index contributed by atoms with van der Waals surface area (Å²) in [6, 6.07) is 18.8. The van der Waals surface area contributed by atoms with Crippen molar-refractivity contribution in [3.63, 3.8) is 0 Å². The van der Waals surface area contributed by atoms with Crippen LogP contribution in [0.15, 0.2) is 82.7 Å². The second-order valence-electron chi connectivity index (χ2n) is 8.83. The zero-order valence-electron chi connectivity index (χ0n) is 21.2. The van der Waals surface area contributed by atoms with Gasteiger partial charge >= 0.3 is 5.91 Å². The van der Waals surface area contributed by atoms with E-state index < -0.39 is 17.7 Å². The molecule has 1 aliphatic heterocycles. The first-order valence-electron chi connectivity index (χ1n) is 12.4. The highest BCUT2D eigenvalue weighted by Crippen LogP contribution is 2.44. The van der Waals surface area contributed by atoms with Gasteiger partial charge in [0.2, 0.25) is 5.13 Å². The highest BCUT2D eigenvalue weighted by molar-refractivity contribution is 8.00. The predicted molar refractivity (Wildman–Crippen MR) is 154 cm³/mol. The van der Waals surface area contributed by atoms with Gasteiger partial charge in [-0.05, 0) is 60.0 Å². The summed E-state index contributed by atoms with van der Waals surface area (Å²) in [5, 5.41) is 20.3. The number of halogens is 2. The lowest BCUT2D eigenvalue weighted by atomic mass is 9.95. The van der Waals surface area contributed by atoms with Gasteiger partial charge in [0.1, 0.15) is 17.3 Å². The van der Waals surface area contributed by atoms with Crippen molar-refractivity contribution in [2.24, 2.45) is 0 Å². The highest BCUT2D eigenvalue weighted by Gasteiger charge is 2.48. The molecule has 1 amide bonds. The van der Waals surface area contributed by atoms with Gasteiger partial charge in [-0.1, -0.05) is 72.0 Å². The molecule has 204 valence electrons. The average molecular weight is 596 g/mol. The van der Waals surface area contributed by atoms with Crippen molar-refractivity contribution in [3.8, 4) is 5.75 Å². The number of aliphatic hydroxyl groups excluding tert-OH is 1. The first kappa shape index (κ1) is 27.8. The van der Waals surface area contributed by atoms with Gasteiger partial charge in [0, 0.05) is 16.3 Å². The van der Waals surface area contributed by atoms with Crippen molar-refractivity contribution in [1.82, 2.24) is 10.2 Å². The van der Waals surface area contributed by atoms with Crippen LogP contribution in [0.1, 0.15) is 36.1 Å². The molecule has 1 aliphatic rings. The highest BCUT2D eigenvalue weighted by atomic mass is 35.5. The quantitative estimate of drug-likeness (QED) is 0.0729. The first-order valence-corrected chi connectivity index (χ1v) is 14.5. The van der Waals surface area contributed by atoms with E-state index in [1.807, 2.05) is 6.92 Å². The number of anilines is 1. The Labute approximate surface area is 243 Å². The number of ketones is 1. The van der Waals surface area contributed by atoms with Gasteiger partial charge in [0.15, 0.2) is 4.34 Å². The number of amides is 1. The van der Waals surface area contributed by atoms with Gasteiger partial charge in [-0.15, -0.1) is 10.2 Å². The maximum Gasteiger partial charge on any atom is 0.301 e. The third-order valence-electron chi connectivity index (χ3n) is 6.12. The number of nitrogens with zero attached hydrogens (tertiary/aromatic N) is 3. The molecule has 1 aromatic heterocycles. The van der Waals surface area contributed by atoms with Crippen molar-refractivity contribution in [3.05, 3.63) is 106 Å². The van der Waals surface area contributed by atoms with Gasteiger partial charge in [0.25, 0.3) is 5.78 Å². The van der Waals surface area contributed by atoms with Crippen molar-refractivity contribution < 1.29 is 23.8 Å². The Morgan fingerprint density at radius 3 is 2.62 bits per heavy atom. The second kappa shape index (κ2) is 12.2. The Balaban J connectivity index is 1.55. The van der Waals surface area contributed by atoms with E-state index in [9.17, 15) is 19.1 Å². The molecule has 0 spiro atoms. The Morgan fingerprint density at radius 1 is 1.10 bits per heavy atom. The molecule has 1 fully saturated rings. The summed E-state index contributed by atoms with van der Waals surface area (Å²) in [5.41, 5.74) is 1.32. The summed E-state index contributed by atoms with van der Waals surface area (Å²) in [4.78, 5) is 28.1. The molecule has 3 aromatic carbocycles. The fourth-order valence-electron chi connectivity index (χ4n) is 4.22. The van der Waals surface area contributed by atoms with Crippen LogP contribution in [0.2, 0.25) is 5.02 Å². The van der Waals surface area contributed by atoms with E-state index in [1.165, 1.54) is 22.7 Å². The van der Waals surface area contributed by atoms with Crippen LogP contribution in [-0.4, -0.2) is 33.6 Å². The number of benzene rings is 3. The smallest absolute Gasteiger partial charge is 0.301 e.